The van der Waals surface area contributed by atoms with Crippen molar-refractivity contribution in [3.63, 3.8) is 0 Å². The number of sulfonamides is 1. The Bertz CT molecular complexity index is 341. The molecular formula is C11H23N3O2S. The summed E-state index contributed by atoms with van der Waals surface area (Å²) in [7, 11) is -1.01. The molecule has 1 saturated carbocycles. The molecule has 0 unspecified atom stereocenters. The summed E-state index contributed by atoms with van der Waals surface area (Å²) in [6.45, 7) is 3.75. The van der Waals surface area contributed by atoms with Crippen LogP contribution < -0.4 is 5.32 Å². The van der Waals surface area contributed by atoms with E-state index in [2.05, 4.69) is 10.2 Å². The summed E-state index contributed by atoms with van der Waals surface area (Å²) in [5, 5.41) is 3.26. The Kier molecular flexibility index (Phi) is 4.41. The maximum Gasteiger partial charge on any atom is 0.215 e. The Balaban J connectivity index is 1.80. The molecule has 1 aliphatic carbocycles. The highest BCUT2D eigenvalue weighted by Crippen LogP contribution is 2.18. The molecule has 0 bridgehead atoms. The highest BCUT2D eigenvalue weighted by molar-refractivity contribution is 7.89. The minimum atomic E-state index is -3.05. The molecule has 1 N–H and O–H groups in total. The predicted molar refractivity (Wildman–Crippen MR) is 68.5 cm³/mol. The molecule has 0 amide bonds. The van der Waals surface area contributed by atoms with Gasteiger partial charge in [-0.15, -0.1) is 0 Å². The quantitative estimate of drug-likeness (QED) is 0.739. The summed E-state index contributed by atoms with van der Waals surface area (Å²) < 4.78 is 25.9. The van der Waals surface area contributed by atoms with Gasteiger partial charge in [-0.25, -0.2) is 12.7 Å². The third-order valence-electron chi connectivity index (χ3n) is 3.44. The summed E-state index contributed by atoms with van der Waals surface area (Å²) in [6, 6.07) is 0.584. The van der Waals surface area contributed by atoms with Gasteiger partial charge in [-0.3, -0.25) is 0 Å². The standard InChI is InChI=1S/C11H23N3O2S/c1-13-6-2-7-14(9-8-13)17(15,16)10-5-12-11-3-4-11/h11-12H,2-10H2,1H3. The summed E-state index contributed by atoms with van der Waals surface area (Å²) in [4.78, 5) is 2.19. The molecule has 100 valence electrons. The van der Waals surface area contributed by atoms with Gasteiger partial charge in [-0.1, -0.05) is 0 Å². The van der Waals surface area contributed by atoms with E-state index in [-0.39, 0.29) is 5.75 Å². The van der Waals surface area contributed by atoms with Gasteiger partial charge < -0.3 is 10.2 Å². The fourth-order valence-electron chi connectivity index (χ4n) is 2.11. The smallest absolute Gasteiger partial charge is 0.215 e. The van der Waals surface area contributed by atoms with Crippen LogP contribution in [0.2, 0.25) is 0 Å². The van der Waals surface area contributed by atoms with Crippen molar-refractivity contribution in [1.82, 2.24) is 14.5 Å². The molecule has 0 spiro atoms. The van der Waals surface area contributed by atoms with Crippen LogP contribution in [0.15, 0.2) is 0 Å². The zero-order valence-electron chi connectivity index (χ0n) is 10.6. The first-order valence-corrected chi connectivity index (χ1v) is 8.08. The molecule has 1 saturated heterocycles. The van der Waals surface area contributed by atoms with Gasteiger partial charge in [0.1, 0.15) is 0 Å². The molecular weight excluding hydrogens is 238 g/mol. The lowest BCUT2D eigenvalue weighted by Gasteiger charge is -2.20. The Hall–Kier alpha value is -0.170. The van der Waals surface area contributed by atoms with E-state index in [0.29, 0.717) is 25.7 Å². The SMILES string of the molecule is CN1CCCN(S(=O)(=O)CCNC2CC2)CC1. The van der Waals surface area contributed by atoms with Crippen molar-refractivity contribution in [2.75, 3.05) is 45.5 Å². The molecule has 2 aliphatic rings. The minimum Gasteiger partial charge on any atom is -0.313 e. The van der Waals surface area contributed by atoms with Gasteiger partial charge in [0, 0.05) is 32.2 Å². The molecule has 0 aromatic heterocycles. The third-order valence-corrected chi connectivity index (χ3v) is 5.31. The van der Waals surface area contributed by atoms with Crippen LogP contribution in [-0.2, 0) is 10.0 Å². The molecule has 2 rings (SSSR count). The van der Waals surface area contributed by atoms with Crippen LogP contribution in [0.5, 0.6) is 0 Å². The van der Waals surface area contributed by atoms with Crippen molar-refractivity contribution in [2.24, 2.45) is 0 Å². The zero-order chi connectivity index (χ0) is 12.3. The van der Waals surface area contributed by atoms with E-state index < -0.39 is 10.0 Å². The highest BCUT2D eigenvalue weighted by atomic mass is 32.2. The topological polar surface area (TPSA) is 52.7 Å². The molecule has 0 aromatic rings. The normalized spacial score (nSPS) is 24.8. The van der Waals surface area contributed by atoms with Gasteiger partial charge in [-0.2, -0.15) is 0 Å². The van der Waals surface area contributed by atoms with Gasteiger partial charge in [0.25, 0.3) is 0 Å². The lowest BCUT2D eigenvalue weighted by Crippen LogP contribution is -2.38. The lowest BCUT2D eigenvalue weighted by atomic mass is 10.4. The molecule has 2 fully saturated rings. The first-order valence-electron chi connectivity index (χ1n) is 6.48. The highest BCUT2D eigenvalue weighted by Gasteiger charge is 2.25. The van der Waals surface area contributed by atoms with Crippen LogP contribution in [-0.4, -0.2) is 69.2 Å². The summed E-state index contributed by atoms with van der Waals surface area (Å²) in [6.07, 6.45) is 3.34. The Morgan fingerprint density at radius 1 is 1.18 bits per heavy atom. The molecule has 1 aliphatic heterocycles. The van der Waals surface area contributed by atoms with Gasteiger partial charge in [0.05, 0.1) is 5.75 Å². The number of hydrogen-bond donors (Lipinski definition) is 1. The van der Waals surface area contributed by atoms with Crippen LogP contribution in [0.25, 0.3) is 0 Å². The first-order chi connectivity index (χ1) is 8.08. The van der Waals surface area contributed by atoms with Crippen molar-refractivity contribution in [3.8, 4) is 0 Å². The minimum absolute atomic E-state index is 0.243. The van der Waals surface area contributed by atoms with Gasteiger partial charge in [0.15, 0.2) is 0 Å². The second kappa shape index (κ2) is 5.65. The van der Waals surface area contributed by atoms with Crippen LogP contribution >= 0.6 is 0 Å². The van der Waals surface area contributed by atoms with E-state index >= 15 is 0 Å². The average molecular weight is 261 g/mol. The Morgan fingerprint density at radius 2 is 1.94 bits per heavy atom. The largest absolute Gasteiger partial charge is 0.313 e. The van der Waals surface area contributed by atoms with Crippen LogP contribution in [0.1, 0.15) is 19.3 Å². The third kappa shape index (κ3) is 4.21. The predicted octanol–water partition coefficient (Wildman–Crippen LogP) is -0.294. The summed E-state index contributed by atoms with van der Waals surface area (Å²) >= 11 is 0. The monoisotopic (exact) mass is 261 g/mol. The van der Waals surface area contributed by atoms with Crippen LogP contribution in [0, 0.1) is 0 Å². The van der Waals surface area contributed by atoms with E-state index in [1.165, 1.54) is 12.8 Å². The van der Waals surface area contributed by atoms with Gasteiger partial charge in [0.2, 0.25) is 10.0 Å². The van der Waals surface area contributed by atoms with Crippen LogP contribution in [0.4, 0.5) is 0 Å². The van der Waals surface area contributed by atoms with E-state index in [0.717, 1.165) is 19.5 Å². The van der Waals surface area contributed by atoms with Crippen molar-refractivity contribution < 1.29 is 8.42 Å². The lowest BCUT2D eigenvalue weighted by molar-refractivity contribution is 0.347. The Morgan fingerprint density at radius 3 is 2.65 bits per heavy atom. The van der Waals surface area contributed by atoms with E-state index in [4.69, 9.17) is 0 Å². The maximum atomic E-state index is 12.1. The van der Waals surface area contributed by atoms with Gasteiger partial charge >= 0.3 is 0 Å². The van der Waals surface area contributed by atoms with E-state index in [1.54, 1.807) is 4.31 Å². The average Bonchev–Trinajstić information content (AvgIpc) is 3.05. The first kappa shape index (κ1) is 13.3. The maximum absolute atomic E-state index is 12.1. The molecule has 0 aromatic carbocycles. The number of hydrogen-bond acceptors (Lipinski definition) is 4. The number of nitrogens with one attached hydrogen (secondary N) is 1. The molecule has 17 heavy (non-hydrogen) atoms. The molecule has 5 nitrogen and oxygen atoms in total. The van der Waals surface area contributed by atoms with Gasteiger partial charge in [-0.05, 0) is 32.9 Å². The number of nitrogens with zero attached hydrogens (tertiary/aromatic N) is 2. The second-order valence-electron chi connectivity index (χ2n) is 5.10. The molecule has 6 heteroatoms. The molecule has 0 radical (unpaired) electrons. The molecule has 0 atom stereocenters. The Labute approximate surface area is 104 Å². The van der Waals surface area contributed by atoms with Crippen molar-refractivity contribution >= 4 is 10.0 Å². The summed E-state index contributed by atoms with van der Waals surface area (Å²) in [5.74, 6) is 0.243. The number of rotatable bonds is 5. The molecule has 1 heterocycles. The van der Waals surface area contributed by atoms with Crippen molar-refractivity contribution in [3.05, 3.63) is 0 Å². The fraction of sp³-hybridized carbons (Fsp3) is 1.00. The summed E-state index contributed by atoms with van der Waals surface area (Å²) in [5.41, 5.74) is 0. The van der Waals surface area contributed by atoms with Crippen molar-refractivity contribution in [2.45, 2.75) is 25.3 Å². The zero-order valence-corrected chi connectivity index (χ0v) is 11.4. The fourth-order valence-corrected chi connectivity index (χ4v) is 3.51. The van der Waals surface area contributed by atoms with E-state index in [1.807, 2.05) is 7.05 Å². The van der Waals surface area contributed by atoms with E-state index in [9.17, 15) is 8.42 Å². The van der Waals surface area contributed by atoms with Crippen LogP contribution in [0.3, 0.4) is 0 Å². The number of likely N-dealkylation sites (N-methyl/N-ethyl adjacent to an activating group) is 1. The second-order valence-corrected chi connectivity index (χ2v) is 7.19. The van der Waals surface area contributed by atoms with Crippen molar-refractivity contribution in [1.29, 1.82) is 0 Å².